The first kappa shape index (κ1) is 18.4. The van der Waals surface area contributed by atoms with Crippen LogP contribution < -0.4 is 0 Å². The van der Waals surface area contributed by atoms with Crippen LogP contribution in [0.3, 0.4) is 0 Å². The molecule has 0 atom stereocenters. The second-order valence-electron chi connectivity index (χ2n) is 5.04. The van der Waals surface area contributed by atoms with Crippen LogP contribution in [0.2, 0.25) is 0 Å². The Labute approximate surface area is 138 Å². The first-order chi connectivity index (χ1) is 11.3. The zero-order chi connectivity index (χ0) is 17.8. The van der Waals surface area contributed by atoms with Crippen LogP contribution in [0.25, 0.3) is 0 Å². The molecule has 0 aromatic heterocycles. The minimum absolute atomic E-state index is 0.129. The van der Waals surface area contributed by atoms with E-state index in [2.05, 4.69) is 0 Å². The molecule has 8 heteroatoms. The van der Waals surface area contributed by atoms with Crippen LogP contribution in [0.5, 0.6) is 0 Å². The maximum absolute atomic E-state index is 13.1. The molecular formula is C16H16F3NO3S. The maximum Gasteiger partial charge on any atom is 0.417 e. The van der Waals surface area contributed by atoms with Crippen molar-refractivity contribution in [3.05, 3.63) is 65.7 Å². The molecule has 2 aromatic rings. The number of rotatable bonds is 6. The van der Waals surface area contributed by atoms with Crippen molar-refractivity contribution in [1.29, 1.82) is 0 Å². The SMILES string of the molecule is O=S(=O)(c1ccccc1C(F)(F)F)N(CCO)Cc1ccccc1. The topological polar surface area (TPSA) is 57.6 Å². The van der Waals surface area contributed by atoms with E-state index in [1.807, 2.05) is 0 Å². The van der Waals surface area contributed by atoms with Gasteiger partial charge in [0.05, 0.1) is 17.1 Å². The highest BCUT2D eigenvalue weighted by atomic mass is 32.2. The Hall–Kier alpha value is -1.90. The predicted octanol–water partition coefficient (Wildman–Crippen LogP) is 2.89. The molecule has 0 spiro atoms. The fourth-order valence-electron chi connectivity index (χ4n) is 2.25. The summed E-state index contributed by atoms with van der Waals surface area (Å²) in [5.74, 6) is 0. The van der Waals surface area contributed by atoms with Crippen LogP contribution in [0.15, 0.2) is 59.5 Å². The molecule has 0 saturated carbocycles. The van der Waals surface area contributed by atoms with Crippen LogP contribution in [0.4, 0.5) is 13.2 Å². The Balaban J connectivity index is 2.46. The Morgan fingerprint density at radius 3 is 2.12 bits per heavy atom. The molecule has 2 rings (SSSR count). The van der Waals surface area contributed by atoms with E-state index in [1.165, 1.54) is 6.07 Å². The number of aliphatic hydroxyl groups is 1. The lowest BCUT2D eigenvalue weighted by molar-refractivity contribution is -0.139. The predicted molar refractivity (Wildman–Crippen MR) is 82.6 cm³/mol. The Kier molecular flexibility index (Phi) is 5.63. The molecule has 0 heterocycles. The molecule has 4 nitrogen and oxygen atoms in total. The lowest BCUT2D eigenvalue weighted by atomic mass is 10.2. The molecule has 0 saturated heterocycles. The fraction of sp³-hybridized carbons (Fsp3) is 0.250. The largest absolute Gasteiger partial charge is 0.417 e. The van der Waals surface area contributed by atoms with Gasteiger partial charge < -0.3 is 5.11 Å². The van der Waals surface area contributed by atoms with Gasteiger partial charge in [0.15, 0.2) is 0 Å². The summed E-state index contributed by atoms with van der Waals surface area (Å²) in [6, 6.07) is 12.5. The minimum atomic E-state index is -4.79. The van der Waals surface area contributed by atoms with Gasteiger partial charge >= 0.3 is 6.18 Å². The van der Waals surface area contributed by atoms with E-state index in [1.54, 1.807) is 30.3 Å². The summed E-state index contributed by atoms with van der Waals surface area (Å²) in [4.78, 5) is -0.818. The average molecular weight is 359 g/mol. The second-order valence-corrected chi connectivity index (χ2v) is 6.95. The fourth-order valence-corrected chi connectivity index (χ4v) is 3.88. The zero-order valence-corrected chi connectivity index (χ0v) is 13.4. The van der Waals surface area contributed by atoms with E-state index in [-0.39, 0.29) is 13.1 Å². The van der Waals surface area contributed by atoms with Gasteiger partial charge in [-0.25, -0.2) is 8.42 Å². The molecular weight excluding hydrogens is 343 g/mol. The molecule has 0 radical (unpaired) electrons. The lowest BCUT2D eigenvalue weighted by Gasteiger charge is -2.23. The van der Waals surface area contributed by atoms with Crippen LogP contribution in [0, 0.1) is 0 Å². The summed E-state index contributed by atoms with van der Waals surface area (Å²) in [6.07, 6.45) is -4.79. The molecule has 24 heavy (non-hydrogen) atoms. The second kappa shape index (κ2) is 7.33. The van der Waals surface area contributed by atoms with E-state index in [0.717, 1.165) is 22.5 Å². The number of aliphatic hydroxyl groups excluding tert-OH is 1. The number of benzene rings is 2. The van der Waals surface area contributed by atoms with Crippen molar-refractivity contribution in [2.45, 2.75) is 17.6 Å². The van der Waals surface area contributed by atoms with Crippen molar-refractivity contribution in [2.75, 3.05) is 13.2 Å². The summed E-state index contributed by atoms with van der Waals surface area (Å²) in [5, 5.41) is 9.13. The molecule has 0 aliphatic carbocycles. The molecule has 0 aliphatic rings. The Bertz CT molecular complexity index is 777. The first-order valence-electron chi connectivity index (χ1n) is 7.08. The smallest absolute Gasteiger partial charge is 0.395 e. The van der Waals surface area contributed by atoms with Crippen LogP contribution in [-0.2, 0) is 22.7 Å². The lowest BCUT2D eigenvalue weighted by Crippen LogP contribution is -2.34. The molecule has 0 unspecified atom stereocenters. The highest BCUT2D eigenvalue weighted by Gasteiger charge is 2.38. The highest BCUT2D eigenvalue weighted by Crippen LogP contribution is 2.35. The number of hydrogen-bond donors (Lipinski definition) is 1. The first-order valence-corrected chi connectivity index (χ1v) is 8.52. The van der Waals surface area contributed by atoms with Gasteiger partial charge in [0.25, 0.3) is 0 Å². The van der Waals surface area contributed by atoms with Crippen molar-refractivity contribution >= 4 is 10.0 Å². The highest BCUT2D eigenvalue weighted by molar-refractivity contribution is 7.89. The quantitative estimate of drug-likeness (QED) is 0.863. The third kappa shape index (κ3) is 4.14. The van der Waals surface area contributed by atoms with Gasteiger partial charge in [-0.2, -0.15) is 17.5 Å². The maximum atomic E-state index is 13.1. The normalized spacial score (nSPS) is 12.5. The number of nitrogens with zero attached hydrogens (tertiary/aromatic N) is 1. The van der Waals surface area contributed by atoms with Crippen molar-refractivity contribution in [1.82, 2.24) is 4.31 Å². The number of alkyl halides is 3. The van der Waals surface area contributed by atoms with Crippen molar-refractivity contribution in [3.63, 3.8) is 0 Å². The van der Waals surface area contributed by atoms with E-state index < -0.39 is 33.3 Å². The zero-order valence-electron chi connectivity index (χ0n) is 12.6. The van der Waals surface area contributed by atoms with E-state index >= 15 is 0 Å². The standard InChI is InChI=1S/C16H16F3NO3S/c17-16(18,19)14-8-4-5-9-15(14)24(22,23)20(10-11-21)12-13-6-2-1-3-7-13/h1-9,21H,10-12H2. The van der Waals surface area contributed by atoms with Crippen molar-refractivity contribution in [3.8, 4) is 0 Å². The van der Waals surface area contributed by atoms with Gasteiger partial charge in [-0.05, 0) is 17.7 Å². The van der Waals surface area contributed by atoms with Gasteiger partial charge in [-0.1, -0.05) is 42.5 Å². The molecule has 0 amide bonds. The van der Waals surface area contributed by atoms with Crippen molar-refractivity contribution < 1.29 is 26.7 Å². The molecule has 1 N–H and O–H groups in total. The van der Waals surface area contributed by atoms with Gasteiger partial charge in [0, 0.05) is 13.1 Å². The summed E-state index contributed by atoms with van der Waals surface area (Å²) >= 11 is 0. The van der Waals surface area contributed by atoms with Crippen LogP contribution in [0.1, 0.15) is 11.1 Å². The summed E-state index contributed by atoms with van der Waals surface area (Å²) in [7, 11) is -4.42. The minimum Gasteiger partial charge on any atom is -0.395 e. The molecule has 0 fully saturated rings. The Morgan fingerprint density at radius 2 is 1.54 bits per heavy atom. The summed E-state index contributed by atoms with van der Waals surface area (Å²) < 4.78 is 65.6. The average Bonchev–Trinajstić information content (AvgIpc) is 2.54. The van der Waals surface area contributed by atoms with Crippen LogP contribution in [-0.4, -0.2) is 31.0 Å². The van der Waals surface area contributed by atoms with E-state index in [0.29, 0.717) is 5.56 Å². The third-order valence-electron chi connectivity index (χ3n) is 3.36. The number of halogens is 3. The summed E-state index contributed by atoms with van der Waals surface area (Å²) in [5.41, 5.74) is -0.611. The summed E-state index contributed by atoms with van der Waals surface area (Å²) in [6.45, 7) is -0.931. The van der Waals surface area contributed by atoms with Gasteiger partial charge in [0.1, 0.15) is 0 Å². The molecule has 2 aromatic carbocycles. The molecule has 130 valence electrons. The van der Waals surface area contributed by atoms with Gasteiger partial charge in [0.2, 0.25) is 10.0 Å². The molecule has 0 aliphatic heterocycles. The monoisotopic (exact) mass is 359 g/mol. The number of sulfonamides is 1. The third-order valence-corrected chi connectivity index (χ3v) is 5.26. The Morgan fingerprint density at radius 1 is 0.958 bits per heavy atom. The van der Waals surface area contributed by atoms with Crippen molar-refractivity contribution in [2.24, 2.45) is 0 Å². The number of hydrogen-bond acceptors (Lipinski definition) is 3. The van der Waals surface area contributed by atoms with E-state index in [4.69, 9.17) is 5.11 Å². The van der Waals surface area contributed by atoms with Gasteiger partial charge in [-0.3, -0.25) is 0 Å². The van der Waals surface area contributed by atoms with Gasteiger partial charge in [-0.15, -0.1) is 0 Å². The van der Waals surface area contributed by atoms with E-state index in [9.17, 15) is 21.6 Å². The molecule has 0 bridgehead atoms. The van der Waals surface area contributed by atoms with Crippen LogP contribution >= 0.6 is 0 Å².